The molecule has 172 valence electrons. The van der Waals surface area contributed by atoms with Crippen LogP contribution in [-0.2, 0) is 6.54 Å². The van der Waals surface area contributed by atoms with Crippen LogP contribution in [0.4, 0.5) is 16.3 Å². The quantitative estimate of drug-likeness (QED) is 0.420. The first-order valence-corrected chi connectivity index (χ1v) is 11.8. The normalized spacial score (nSPS) is 15.2. The number of para-hydroxylation sites is 1. The fourth-order valence-corrected chi connectivity index (χ4v) is 4.72. The van der Waals surface area contributed by atoms with E-state index in [2.05, 4.69) is 22.2 Å². The van der Waals surface area contributed by atoms with Gasteiger partial charge in [0.25, 0.3) is 0 Å². The summed E-state index contributed by atoms with van der Waals surface area (Å²) in [6.07, 6.45) is 12.0. The maximum Gasteiger partial charge on any atom is 0.417 e. The van der Waals surface area contributed by atoms with Gasteiger partial charge in [0.1, 0.15) is 5.82 Å². The SMILES string of the molecule is CC(CC1CCCCC1)NCc1ccccc1N(C(=O)O)c1ccc(-c2cccnc2)cn1. The Morgan fingerprint density at radius 3 is 2.55 bits per heavy atom. The van der Waals surface area contributed by atoms with Crippen LogP contribution in [0.15, 0.2) is 67.1 Å². The number of hydrogen-bond acceptors (Lipinski definition) is 4. The van der Waals surface area contributed by atoms with Gasteiger partial charge in [-0.2, -0.15) is 0 Å². The molecule has 6 nitrogen and oxygen atoms in total. The average Bonchev–Trinajstić information content (AvgIpc) is 2.85. The van der Waals surface area contributed by atoms with Gasteiger partial charge in [-0.1, -0.05) is 56.4 Å². The van der Waals surface area contributed by atoms with Crippen molar-refractivity contribution in [1.82, 2.24) is 15.3 Å². The molecule has 0 aliphatic heterocycles. The summed E-state index contributed by atoms with van der Waals surface area (Å²) < 4.78 is 0. The number of nitrogens with one attached hydrogen (secondary N) is 1. The zero-order valence-corrected chi connectivity index (χ0v) is 19.2. The number of hydrogen-bond donors (Lipinski definition) is 2. The van der Waals surface area contributed by atoms with Crippen LogP contribution in [-0.4, -0.2) is 27.2 Å². The first-order chi connectivity index (χ1) is 16.1. The second kappa shape index (κ2) is 11.1. The summed E-state index contributed by atoms with van der Waals surface area (Å²) in [5.74, 6) is 1.17. The van der Waals surface area contributed by atoms with Gasteiger partial charge < -0.3 is 10.4 Å². The lowest BCUT2D eigenvalue weighted by Gasteiger charge is -2.26. The molecule has 0 bridgehead atoms. The monoisotopic (exact) mass is 444 g/mol. The van der Waals surface area contributed by atoms with Crippen molar-refractivity contribution in [3.63, 3.8) is 0 Å². The molecule has 0 radical (unpaired) electrons. The van der Waals surface area contributed by atoms with Crippen LogP contribution in [0.5, 0.6) is 0 Å². The van der Waals surface area contributed by atoms with Gasteiger partial charge in [-0.25, -0.2) is 14.7 Å². The van der Waals surface area contributed by atoms with E-state index in [0.29, 0.717) is 24.1 Å². The number of carbonyl (C=O) groups is 1. The molecule has 2 aromatic heterocycles. The molecule has 1 aliphatic rings. The Bertz CT molecular complexity index is 1030. The maximum absolute atomic E-state index is 12.3. The van der Waals surface area contributed by atoms with Crippen molar-refractivity contribution in [2.45, 2.75) is 58.0 Å². The summed E-state index contributed by atoms with van der Waals surface area (Å²) >= 11 is 0. The molecule has 1 aromatic carbocycles. The predicted octanol–water partition coefficient (Wildman–Crippen LogP) is 6.41. The lowest BCUT2D eigenvalue weighted by Crippen LogP contribution is -2.30. The molecule has 2 N–H and O–H groups in total. The van der Waals surface area contributed by atoms with E-state index < -0.39 is 6.09 Å². The second-order valence-electron chi connectivity index (χ2n) is 8.92. The topological polar surface area (TPSA) is 78.4 Å². The molecule has 1 amide bonds. The second-order valence-corrected chi connectivity index (χ2v) is 8.92. The summed E-state index contributed by atoms with van der Waals surface area (Å²) in [7, 11) is 0. The van der Waals surface area contributed by atoms with E-state index >= 15 is 0 Å². The van der Waals surface area contributed by atoms with Crippen molar-refractivity contribution < 1.29 is 9.90 Å². The Kier molecular flexibility index (Phi) is 7.68. The van der Waals surface area contributed by atoms with Crippen molar-refractivity contribution in [2.75, 3.05) is 4.90 Å². The number of benzene rings is 1. The number of carboxylic acid groups (broad SMARTS) is 1. The number of rotatable bonds is 8. The molecular weight excluding hydrogens is 412 g/mol. The standard InChI is InChI=1S/C27H32N4O2/c1-20(16-21-8-3-2-4-9-21)29-19-24-10-5-6-12-25(24)31(27(32)33)26-14-13-23(18-30-26)22-11-7-15-28-17-22/h5-7,10-15,17-18,20-21,29H,2-4,8-9,16,19H2,1H3,(H,32,33). The highest BCUT2D eigenvalue weighted by Gasteiger charge is 2.22. The zero-order valence-electron chi connectivity index (χ0n) is 19.2. The minimum atomic E-state index is -1.06. The summed E-state index contributed by atoms with van der Waals surface area (Å²) in [6, 6.07) is 15.5. The molecule has 33 heavy (non-hydrogen) atoms. The highest BCUT2D eigenvalue weighted by molar-refractivity contribution is 5.94. The molecule has 0 saturated heterocycles. The van der Waals surface area contributed by atoms with E-state index in [1.807, 2.05) is 42.5 Å². The number of nitrogens with zero attached hydrogens (tertiary/aromatic N) is 3. The summed E-state index contributed by atoms with van der Waals surface area (Å²) in [5, 5.41) is 13.7. The minimum Gasteiger partial charge on any atom is -0.464 e. The zero-order chi connectivity index (χ0) is 23.0. The van der Waals surface area contributed by atoms with Crippen molar-refractivity contribution in [2.24, 2.45) is 5.92 Å². The average molecular weight is 445 g/mol. The van der Waals surface area contributed by atoms with E-state index in [1.54, 1.807) is 24.7 Å². The first-order valence-electron chi connectivity index (χ1n) is 11.8. The maximum atomic E-state index is 12.3. The van der Waals surface area contributed by atoms with Gasteiger partial charge in [0, 0.05) is 42.3 Å². The molecule has 3 aromatic rings. The Morgan fingerprint density at radius 2 is 1.85 bits per heavy atom. The summed E-state index contributed by atoms with van der Waals surface area (Å²) in [4.78, 5) is 22.1. The molecule has 1 atom stereocenters. The van der Waals surface area contributed by atoms with Gasteiger partial charge >= 0.3 is 6.09 Å². The number of aromatic nitrogens is 2. The first kappa shape index (κ1) is 22.9. The van der Waals surface area contributed by atoms with Crippen molar-refractivity contribution in [3.8, 4) is 11.1 Å². The van der Waals surface area contributed by atoms with Crippen LogP contribution in [0.25, 0.3) is 11.1 Å². The summed E-state index contributed by atoms with van der Waals surface area (Å²) in [5.41, 5.74) is 3.40. The molecule has 1 saturated carbocycles. The largest absolute Gasteiger partial charge is 0.464 e. The van der Waals surface area contributed by atoms with E-state index in [0.717, 1.165) is 22.6 Å². The lowest BCUT2D eigenvalue weighted by molar-refractivity contribution is 0.204. The molecule has 6 heteroatoms. The molecule has 1 aliphatic carbocycles. The fourth-order valence-electron chi connectivity index (χ4n) is 4.72. The van der Waals surface area contributed by atoms with Gasteiger partial charge in [0.05, 0.1) is 5.69 Å². The van der Waals surface area contributed by atoms with Gasteiger partial charge in [-0.05, 0) is 49.1 Å². The third-order valence-electron chi connectivity index (χ3n) is 6.45. The van der Waals surface area contributed by atoms with Gasteiger partial charge in [0.2, 0.25) is 0 Å². The summed E-state index contributed by atoms with van der Waals surface area (Å²) in [6.45, 7) is 2.84. The van der Waals surface area contributed by atoms with Crippen LogP contribution in [0.2, 0.25) is 0 Å². The number of amides is 1. The Labute approximate surface area is 195 Å². The van der Waals surface area contributed by atoms with Crippen LogP contribution < -0.4 is 10.2 Å². The fraction of sp³-hybridized carbons (Fsp3) is 0.370. The van der Waals surface area contributed by atoms with Gasteiger partial charge in [0.15, 0.2) is 0 Å². The van der Waals surface area contributed by atoms with Crippen LogP contribution in [0.1, 0.15) is 51.0 Å². The van der Waals surface area contributed by atoms with E-state index in [-0.39, 0.29) is 0 Å². The van der Waals surface area contributed by atoms with Gasteiger partial charge in [-0.3, -0.25) is 4.98 Å². The Hall–Kier alpha value is -3.25. The molecule has 2 heterocycles. The van der Waals surface area contributed by atoms with Crippen molar-refractivity contribution >= 4 is 17.6 Å². The van der Waals surface area contributed by atoms with Crippen molar-refractivity contribution in [3.05, 3.63) is 72.7 Å². The van der Waals surface area contributed by atoms with E-state index in [4.69, 9.17) is 0 Å². The lowest BCUT2D eigenvalue weighted by atomic mass is 9.85. The third-order valence-corrected chi connectivity index (χ3v) is 6.45. The molecule has 4 rings (SSSR count). The molecular formula is C27H32N4O2. The van der Waals surface area contributed by atoms with Crippen molar-refractivity contribution in [1.29, 1.82) is 0 Å². The third kappa shape index (κ3) is 5.96. The van der Waals surface area contributed by atoms with Crippen LogP contribution >= 0.6 is 0 Å². The predicted molar refractivity (Wildman–Crippen MR) is 132 cm³/mol. The Morgan fingerprint density at radius 1 is 1.06 bits per heavy atom. The minimum absolute atomic E-state index is 0.373. The molecule has 0 spiro atoms. The van der Waals surface area contributed by atoms with E-state index in [1.165, 1.54) is 43.4 Å². The Balaban J connectivity index is 1.49. The number of pyridine rings is 2. The molecule has 1 unspecified atom stereocenters. The highest BCUT2D eigenvalue weighted by Crippen LogP contribution is 2.30. The van der Waals surface area contributed by atoms with Gasteiger partial charge in [-0.15, -0.1) is 0 Å². The van der Waals surface area contributed by atoms with E-state index in [9.17, 15) is 9.90 Å². The highest BCUT2D eigenvalue weighted by atomic mass is 16.4. The molecule has 1 fully saturated rings. The number of anilines is 2. The smallest absolute Gasteiger partial charge is 0.417 e. The van der Waals surface area contributed by atoms with Crippen LogP contribution in [0.3, 0.4) is 0 Å². The van der Waals surface area contributed by atoms with Crippen LogP contribution in [0, 0.1) is 5.92 Å².